The van der Waals surface area contributed by atoms with Gasteiger partial charge in [-0.2, -0.15) is 25.5 Å². The van der Waals surface area contributed by atoms with Gasteiger partial charge in [0, 0.05) is 181 Å². The third-order valence-corrected chi connectivity index (χ3v) is 32.2. The maximum absolute atomic E-state index is 11.5. The summed E-state index contributed by atoms with van der Waals surface area (Å²) in [6.07, 6.45) is 17.1. The molecule has 2 aliphatic heterocycles. The minimum absolute atomic E-state index is 0.186. The largest absolute Gasteiger partial charge is 0.377 e. The average molecular weight is 1920 g/mol. The molecule has 27 nitrogen and oxygen atoms in total. The van der Waals surface area contributed by atoms with Crippen LogP contribution in [0.1, 0.15) is 152 Å². The van der Waals surface area contributed by atoms with Crippen molar-refractivity contribution in [3.63, 3.8) is 0 Å². The lowest BCUT2D eigenvalue weighted by atomic mass is 9.95. The molecule has 1 aliphatic carbocycles. The monoisotopic (exact) mass is 1920 g/mol. The van der Waals surface area contributed by atoms with Gasteiger partial charge < -0.3 is 46.1 Å². The molecule has 23 rings (SSSR count). The Labute approximate surface area is 810 Å². The molecule has 21 heterocycles. The van der Waals surface area contributed by atoms with Crippen LogP contribution in [0.4, 0.5) is 34.8 Å². The Morgan fingerprint density at radius 3 is 1.29 bits per heavy atom. The number of anilines is 6. The van der Waals surface area contributed by atoms with E-state index >= 15 is 0 Å². The number of hydrogen-bond donors (Lipinski definition) is 6. The van der Waals surface area contributed by atoms with Crippen molar-refractivity contribution in [3.05, 3.63) is 177 Å². The van der Waals surface area contributed by atoms with Crippen molar-refractivity contribution < 1.29 is 9.53 Å². The summed E-state index contributed by atoms with van der Waals surface area (Å²) in [5.41, 5.74) is 23.6. The number of thiophene rings is 6. The van der Waals surface area contributed by atoms with Gasteiger partial charge in [0.15, 0.2) is 29.1 Å². The highest BCUT2D eigenvalue weighted by molar-refractivity contribution is 7.28. The number of fused-ring (bicyclic) bond motifs is 18. The number of carbonyl (C=O) groups is 1. The average Bonchev–Trinajstić information content (AvgIpc) is 1.62. The van der Waals surface area contributed by atoms with E-state index in [4.69, 9.17) is 34.9 Å². The van der Waals surface area contributed by atoms with E-state index in [9.17, 15) is 4.79 Å². The lowest BCUT2D eigenvalue weighted by Gasteiger charge is -2.31. The molecule has 33 heteroatoms. The van der Waals surface area contributed by atoms with E-state index in [1.807, 2.05) is 121 Å². The minimum Gasteiger partial charge on any atom is -0.377 e. The number of piperidine rings is 1. The minimum atomic E-state index is 0.186. The van der Waals surface area contributed by atoms with Crippen LogP contribution in [0.3, 0.4) is 0 Å². The van der Waals surface area contributed by atoms with Gasteiger partial charge >= 0.3 is 0 Å². The van der Waals surface area contributed by atoms with Crippen LogP contribution < -0.4 is 31.9 Å². The highest BCUT2D eigenvalue weighted by Gasteiger charge is 2.28. The third kappa shape index (κ3) is 19.6. The second-order valence-corrected chi connectivity index (χ2v) is 42.9. The molecule has 1 saturated carbocycles. The Hall–Kier alpha value is -11.9. The summed E-state index contributed by atoms with van der Waals surface area (Å²) in [7, 11) is 12.2. The van der Waals surface area contributed by atoms with Crippen LogP contribution >= 0.6 is 68.0 Å². The number of hydrogen-bond acceptors (Lipinski definition) is 26. The van der Waals surface area contributed by atoms with Crippen LogP contribution in [-0.2, 0) is 64.9 Å². The van der Waals surface area contributed by atoms with Crippen LogP contribution in [0.5, 0.6) is 0 Å². The molecule has 20 aromatic rings. The number of rotatable bonds is 17. The standard InChI is InChI=1S/C19H25N5OS.C18H18N4S.C17H22N4S.C17H16N4S.C16H20N4OS.C15H20N4S/c1-11-9-12(2)21-19-15(11)16-17(26-19)18(22-23(16)4)20-10-14-5-7-24(8-6-14)13(3)25;1-11-8-12(2)21-18-15(11)16-17(23-18)14(10-22(16)3)20-9-13-6-4-5-7-19-13;1-10-9-11(2)18-17-13(10)14-15(22-17)16(20-21(14)3)19-12-7-5-4-6-8-12;1-11-8-9-18-17-13(11)14-15(22-17)16(20-21(14)2)19-10-12-6-4-3-5-7-12;1-9-7-10(2)18-16-12(9)13-14(22-16)15(19-20(13)3)17-8-11-5-4-6-21-11;1-8(2)7-16-14-13-12(19(5)18-14)11-9(3)6-10(4)17-15(11)20-13/h9,14H,5-8,10H2,1-4H3,(H,20,22);4-8,10,20H,9H2,1-3H3;9,12H,4-8H2,1-3H3,(H,19,20);3-9H,10H2,1-2H3,(H,19,20);7,11H,4-6,8H2,1-3H3,(H,17,19);6,8H,7H2,1-5H3,(H,16,18). The van der Waals surface area contributed by atoms with E-state index in [1.54, 1.807) is 74.9 Å². The molecule has 1 unspecified atom stereocenters. The van der Waals surface area contributed by atoms with Crippen LogP contribution in [0, 0.1) is 88.0 Å². The fourth-order valence-electron chi connectivity index (χ4n) is 19.3. The molecule has 702 valence electrons. The predicted molar refractivity (Wildman–Crippen MR) is 568 cm³/mol. The molecule has 1 amide bonds. The van der Waals surface area contributed by atoms with Crippen molar-refractivity contribution >= 4 is 231 Å². The van der Waals surface area contributed by atoms with E-state index in [-0.39, 0.29) is 5.91 Å². The Bertz CT molecular complexity index is 7740. The van der Waals surface area contributed by atoms with Gasteiger partial charge in [-0.15, -0.1) is 68.0 Å². The Balaban J connectivity index is 0.000000108. The van der Waals surface area contributed by atoms with E-state index in [0.717, 1.165) is 176 Å². The fraction of sp³-hybridized carbons (Fsp3) is 0.402. The highest BCUT2D eigenvalue weighted by atomic mass is 32.1. The number of aromatic nitrogens is 18. The molecular weight excluding hydrogens is 1800 g/mol. The summed E-state index contributed by atoms with van der Waals surface area (Å²) < 4.78 is 25.0. The number of carbonyl (C=O) groups excluding carboxylic acids is 1. The van der Waals surface area contributed by atoms with Crippen LogP contribution in [0.2, 0.25) is 0 Å². The molecule has 0 bridgehead atoms. The predicted octanol–water partition coefficient (Wildman–Crippen LogP) is 23.8. The second kappa shape index (κ2) is 39.8. The molecule has 135 heavy (non-hydrogen) atoms. The number of aryl methyl sites for hydroxylation is 17. The van der Waals surface area contributed by atoms with Crippen molar-refractivity contribution in [1.29, 1.82) is 0 Å². The molecule has 1 aromatic carbocycles. The van der Waals surface area contributed by atoms with Gasteiger partial charge in [-0.3, -0.25) is 33.2 Å². The summed E-state index contributed by atoms with van der Waals surface area (Å²) in [5, 5.41) is 52.0. The topological polar surface area (TPSA) is 286 Å². The van der Waals surface area contributed by atoms with Gasteiger partial charge in [-0.1, -0.05) is 69.5 Å². The highest BCUT2D eigenvalue weighted by Crippen LogP contribution is 2.46. The fourth-order valence-corrected chi connectivity index (χ4v) is 26.9. The first-order valence-electron chi connectivity index (χ1n) is 46.8. The summed E-state index contributed by atoms with van der Waals surface area (Å²) in [6.45, 7) is 36.0. The van der Waals surface area contributed by atoms with Gasteiger partial charge in [0.05, 0.1) is 85.3 Å². The van der Waals surface area contributed by atoms with Crippen molar-refractivity contribution in [3.8, 4) is 0 Å². The van der Waals surface area contributed by atoms with Crippen molar-refractivity contribution in [2.24, 2.45) is 54.1 Å². The maximum Gasteiger partial charge on any atom is 0.219 e. The van der Waals surface area contributed by atoms with Crippen molar-refractivity contribution in [1.82, 2.24) is 93.3 Å². The molecule has 1 atom stereocenters. The van der Waals surface area contributed by atoms with Crippen LogP contribution in [0.15, 0.2) is 104 Å². The molecular formula is C102H121N25O2S6. The summed E-state index contributed by atoms with van der Waals surface area (Å²) in [5.74, 6) is 6.24. The molecule has 0 radical (unpaired) electrons. The van der Waals surface area contributed by atoms with Gasteiger partial charge in [0.25, 0.3) is 0 Å². The molecule has 3 aliphatic rings. The number of nitrogens with one attached hydrogen (secondary N) is 6. The van der Waals surface area contributed by atoms with E-state index in [0.29, 0.717) is 24.0 Å². The zero-order valence-corrected chi connectivity index (χ0v) is 85.8. The summed E-state index contributed by atoms with van der Waals surface area (Å²) in [6, 6.07) is 29.7. The van der Waals surface area contributed by atoms with Crippen molar-refractivity contribution in [2.75, 3.05) is 71.2 Å². The zero-order chi connectivity index (χ0) is 94.5. The number of benzene rings is 1. The normalized spacial score (nSPS) is 14.4. The van der Waals surface area contributed by atoms with E-state index in [2.05, 4.69) is 210 Å². The maximum atomic E-state index is 11.5. The first-order chi connectivity index (χ1) is 65.0. The van der Waals surface area contributed by atoms with Gasteiger partial charge in [0.2, 0.25) is 5.91 Å². The lowest BCUT2D eigenvalue weighted by Crippen LogP contribution is -2.38. The first-order valence-corrected chi connectivity index (χ1v) is 51.7. The molecule has 2 saturated heterocycles. The lowest BCUT2D eigenvalue weighted by molar-refractivity contribution is -0.130. The van der Waals surface area contributed by atoms with E-state index < -0.39 is 0 Å². The van der Waals surface area contributed by atoms with Crippen LogP contribution in [-0.4, -0.2) is 151 Å². The Morgan fingerprint density at radius 2 is 0.837 bits per heavy atom. The molecule has 3 fully saturated rings. The van der Waals surface area contributed by atoms with Gasteiger partial charge in [-0.25, -0.2) is 29.9 Å². The molecule has 19 aromatic heterocycles. The molecule has 0 spiro atoms. The Kier molecular flexibility index (Phi) is 27.6. The van der Waals surface area contributed by atoms with E-state index in [1.165, 1.54) is 165 Å². The quantitative estimate of drug-likeness (QED) is 0.0494. The molecule has 6 N–H and O–H groups in total. The Morgan fingerprint density at radius 1 is 0.415 bits per heavy atom. The summed E-state index contributed by atoms with van der Waals surface area (Å²) >= 11 is 10.4. The van der Waals surface area contributed by atoms with Crippen LogP contribution in [0.25, 0.3) is 123 Å². The number of ether oxygens (including phenoxy) is 1. The SMILES string of the molecule is CC(=O)N1CCC(CNc2nn(C)c3c2sc2nc(C)cc(C)c23)CC1.Cc1cc(C)c2c(n1)sc1c(NC3CCCCC3)nn(C)c12.Cc1cc(C)c2c(n1)sc1c(NCC(C)C)nn(C)c12.Cc1cc(C)c2c(n1)sc1c(NCC3CCCO3)nn(C)c12.Cc1cc(C)c2c(n1)sc1c(NCc3ccccn3)cn(C)c12.Cc1ccnc2sc3c(NCc4ccccc4)nn(C)c3c12. The summed E-state index contributed by atoms with van der Waals surface area (Å²) in [4.78, 5) is 52.4. The van der Waals surface area contributed by atoms with Gasteiger partial charge in [-0.05, 0) is 214 Å². The number of nitrogens with zero attached hydrogens (tertiary/aromatic N) is 19. The van der Waals surface area contributed by atoms with Crippen molar-refractivity contribution in [2.45, 2.75) is 180 Å². The first kappa shape index (κ1) is 93.5. The van der Waals surface area contributed by atoms with Gasteiger partial charge in [0.1, 0.15) is 29.0 Å². The second-order valence-electron chi connectivity index (χ2n) is 36.9. The number of pyridine rings is 7. The number of amides is 1. The smallest absolute Gasteiger partial charge is 0.219 e. The number of likely N-dealkylation sites (tertiary alicyclic amines) is 1. The zero-order valence-electron chi connectivity index (χ0n) is 80.9. The third-order valence-electron chi connectivity index (χ3n) is 25.7.